The Morgan fingerprint density at radius 2 is 2.19 bits per heavy atom. The van der Waals surface area contributed by atoms with Gasteiger partial charge >= 0.3 is 0 Å². The molecule has 0 aromatic carbocycles. The molecule has 1 aliphatic heterocycles. The van der Waals surface area contributed by atoms with E-state index in [1.807, 2.05) is 11.4 Å². The fourth-order valence-corrected chi connectivity index (χ4v) is 3.54. The molecule has 1 aromatic heterocycles. The molecule has 1 fully saturated rings. The topological polar surface area (TPSA) is 35.5 Å². The van der Waals surface area contributed by atoms with E-state index >= 15 is 0 Å². The van der Waals surface area contributed by atoms with Gasteiger partial charge in [-0.05, 0) is 28.9 Å². The highest BCUT2D eigenvalue weighted by Crippen LogP contribution is 2.29. The molecule has 0 amide bonds. The number of piperazine rings is 1. The largest absolute Gasteiger partial charge is 0.386 e. The van der Waals surface area contributed by atoms with Crippen molar-refractivity contribution in [1.82, 2.24) is 10.2 Å². The predicted octanol–water partition coefficient (Wildman–Crippen LogP) is 1.84. The minimum absolute atomic E-state index is 0.188. The van der Waals surface area contributed by atoms with Gasteiger partial charge in [-0.2, -0.15) is 0 Å². The van der Waals surface area contributed by atoms with Crippen LogP contribution in [0.3, 0.4) is 0 Å². The Bertz CT molecular complexity index is 338. The number of rotatable bonds is 3. The summed E-state index contributed by atoms with van der Waals surface area (Å²) < 4.78 is 1.05. The van der Waals surface area contributed by atoms with Crippen molar-refractivity contribution in [3.63, 3.8) is 0 Å². The highest BCUT2D eigenvalue weighted by Gasteiger charge is 2.25. The molecule has 5 heteroatoms. The molecule has 2 heterocycles. The van der Waals surface area contributed by atoms with Crippen molar-refractivity contribution < 1.29 is 5.11 Å². The predicted molar refractivity (Wildman–Crippen MR) is 70.9 cm³/mol. The maximum absolute atomic E-state index is 10.3. The first kappa shape index (κ1) is 12.5. The van der Waals surface area contributed by atoms with Crippen molar-refractivity contribution in [2.24, 2.45) is 0 Å². The number of aliphatic hydroxyl groups is 1. The smallest absolute Gasteiger partial charge is 0.103 e. The van der Waals surface area contributed by atoms with Gasteiger partial charge in [-0.3, -0.25) is 4.90 Å². The second-order valence-electron chi connectivity index (χ2n) is 4.14. The molecule has 0 radical (unpaired) electrons. The highest BCUT2D eigenvalue weighted by molar-refractivity contribution is 9.10. The van der Waals surface area contributed by atoms with Gasteiger partial charge in [-0.15, -0.1) is 11.3 Å². The van der Waals surface area contributed by atoms with Crippen LogP contribution in [0.4, 0.5) is 0 Å². The first-order chi connectivity index (χ1) is 7.68. The van der Waals surface area contributed by atoms with E-state index in [1.54, 1.807) is 11.3 Å². The van der Waals surface area contributed by atoms with Crippen LogP contribution < -0.4 is 5.32 Å². The summed E-state index contributed by atoms with van der Waals surface area (Å²) in [6.07, 6.45) is -0.380. The molecule has 1 aliphatic rings. The van der Waals surface area contributed by atoms with Gasteiger partial charge in [0.25, 0.3) is 0 Å². The first-order valence-electron chi connectivity index (χ1n) is 5.55. The average Bonchev–Trinajstić information content (AvgIpc) is 2.75. The molecule has 1 aromatic rings. The van der Waals surface area contributed by atoms with Crippen molar-refractivity contribution in [3.05, 3.63) is 20.8 Å². The molecule has 1 saturated heterocycles. The van der Waals surface area contributed by atoms with E-state index in [9.17, 15) is 5.11 Å². The van der Waals surface area contributed by atoms with Crippen LogP contribution in [0.5, 0.6) is 0 Å². The monoisotopic (exact) mass is 304 g/mol. The Balaban J connectivity index is 2.00. The molecular weight excluding hydrogens is 288 g/mol. The molecule has 2 unspecified atom stereocenters. The van der Waals surface area contributed by atoms with Gasteiger partial charge in [0.2, 0.25) is 0 Å². The minimum atomic E-state index is -0.380. The zero-order valence-corrected chi connectivity index (χ0v) is 11.7. The normalized spacial score (nSPS) is 21.9. The van der Waals surface area contributed by atoms with Crippen LogP contribution in [0.1, 0.15) is 17.9 Å². The second-order valence-corrected chi connectivity index (χ2v) is 6.00. The number of hydrogen-bond donors (Lipinski definition) is 2. The summed E-state index contributed by atoms with van der Waals surface area (Å²) in [4.78, 5) is 3.38. The van der Waals surface area contributed by atoms with Gasteiger partial charge in [-0.25, -0.2) is 0 Å². The van der Waals surface area contributed by atoms with Gasteiger partial charge in [0.1, 0.15) is 6.10 Å². The summed E-state index contributed by atoms with van der Waals surface area (Å²) in [5, 5.41) is 15.6. The molecule has 0 aliphatic carbocycles. The molecule has 0 bridgehead atoms. The first-order valence-corrected chi connectivity index (χ1v) is 7.22. The van der Waals surface area contributed by atoms with Crippen LogP contribution in [0, 0.1) is 0 Å². The number of nitrogens with one attached hydrogen (secondary N) is 1. The number of aliphatic hydroxyl groups excluding tert-OH is 1. The van der Waals surface area contributed by atoms with E-state index in [1.165, 1.54) is 0 Å². The number of halogens is 1. The maximum Gasteiger partial charge on any atom is 0.103 e. The van der Waals surface area contributed by atoms with Crippen molar-refractivity contribution in [2.45, 2.75) is 19.1 Å². The van der Waals surface area contributed by atoms with Gasteiger partial charge in [0.15, 0.2) is 0 Å². The zero-order valence-electron chi connectivity index (χ0n) is 9.32. The Kier molecular flexibility index (Phi) is 4.38. The third-order valence-corrected chi connectivity index (χ3v) is 4.83. The second kappa shape index (κ2) is 5.60. The molecule has 3 nitrogen and oxygen atoms in total. The van der Waals surface area contributed by atoms with E-state index < -0.39 is 0 Å². The lowest BCUT2D eigenvalue weighted by atomic mass is 10.1. The van der Waals surface area contributed by atoms with E-state index in [4.69, 9.17) is 0 Å². The fraction of sp³-hybridized carbons (Fsp3) is 0.636. The van der Waals surface area contributed by atoms with Crippen molar-refractivity contribution in [3.8, 4) is 0 Å². The Hall–Kier alpha value is 0.0600. The minimum Gasteiger partial charge on any atom is -0.386 e. The standard InChI is InChI=1S/C11H17BrN2OS/c1-8(14-4-2-13-3-5-14)11(15)10-6-9(12)7-16-10/h6-8,11,13,15H,2-5H2,1H3. The van der Waals surface area contributed by atoms with E-state index in [0.717, 1.165) is 35.5 Å². The van der Waals surface area contributed by atoms with E-state index in [0.29, 0.717) is 0 Å². The molecule has 2 rings (SSSR count). The van der Waals surface area contributed by atoms with Crippen LogP contribution in [0.2, 0.25) is 0 Å². The quantitative estimate of drug-likeness (QED) is 0.894. The van der Waals surface area contributed by atoms with Crippen LogP contribution >= 0.6 is 27.3 Å². The van der Waals surface area contributed by atoms with Gasteiger partial charge in [-0.1, -0.05) is 0 Å². The molecule has 2 N–H and O–H groups in total. The average molecular weight is 305 g/mol. The lowest BCUT2D eigenvalue weighted by Gasteiger charge is -2.35. The Morgan fingerprint density at radius 1 is 1.50 bits per heavy atom. The Morgan fingerprint density at radius 3 is 2.75 bits per heavy atom. The Labute approximate surface area is 109 Å². The zero-order chi connectivity index (χ0) is 11.5. The van der Waals surface area contributed by atoms with E-state index in [-0.39, 0.29) is 12.1 Å². The molecule has 16 heavy (non-hydrogen) atoms. The van der Waals surface area contributed by atoms with Gasteiger partial charge in [0, 0.05) is 47.0 Å². The van der Waals surface area contributed by atoms with Gasteiger partial charge < -0.3 is 10.4 Å². The molecule has 90 valence electrons. The SMILES string of the molecule is CC(C(O)c1cc(Br)cs1)N1CCNCC1. The van der Waals surface area contributed by atoms with Crippen molar-refractivity contribution >= 4 is 27.3 Å². The third kappa shape index (κ3) is 2.84. The van der Waals surface area contributed by atoms with Crippen molar-refractivity contribution in [2.75, 3.05) is 26.2 Å². The number of nitrogens with zero attached hydrogens (tertiary/aromatic N) is 1. The number of hydrogen-bond acceptors (Lipinski definition) is 4. The summed E-state index contributed by atoms with van der Waals surface area (Å²) in [5.74, 6) is 0. The fourth-order valence-electron chi connectivity index (χ4n) is 2.01. The molecule has 0 spiro atoms. The molecule has 2 atom stereocenters. The summed E-state index contributed by atoms with van der Waals surface area (Å²) in [5.41, 5.74) is 0. The van der Waals surface area contributed by atoms with Crippen molar-refractivity contribution in [1.29, 1.82) is 0 Å². The van der Waals surface area contributed by atoms with Crippen LogP contribution in [0.15, 0.2) is 15.9 Å². The number of thiophene rings is 1. The summed E-state index contributed by atoms with van der Waals surface area (Å²) in [6.45, 7) is 6.18. The molecular formula is C11H17BrN2OS. The van der Waals surface area contributed by atoms with E-state index in [2.05, 4.69) is 33.1 Å². The lowest BCUT2D eigenvalue weighted by molar-refractivity contribution is 0.0532. The van der Waals surface area contributed by atoms with Crippen LogP contribution in [-0.4, -0.2) is 42.2 Å². The summed E-state index contributed by atoms with van der Waals surface area (Å²) in [7, 11) is 0. The summed E-state index contributed by atoms with van der Waals surface area (Å²) >= 11 is 5.03. The molecule has 0 saturated carbocycles. The van der Waals surface area contributed by atoms with Crippen LogP contribution in [-0.2, 0) is 0 Å². The maximum atomic E-state index is 10.3. The summed E-state index contributed by atoms with van der Waals surface area (Å²) in [6, 6.07) is 2.20. The van der Waals surface area contributed by atoms with Gasteiger partial charge in [0.05, 0.1) is 0 Å². The lowest BCUT2D eigenvalue weighted by Crippen LogP contribution is -2.49. The third-order valence-electron chi connectivity index (χ3n) is 3.06. The van der Waals surface area contributed by atoms with Crippen LogP contribution in [0.25, 0.3) is 0 Å². The highest BCUT2D eigenvalue weighted by atomic mass is 79.9.